The predicted octanol–water partition coefficient (Wildman–Crippen LogP) is 3.36. The second kappa shape index (κ2) is 4.34. The predicted molar refractivity (Wildman–Crippen MR) is 79.5 cm³/mol. The van der Waals surface area contributed by atoms with E-state index in [-0.39, 0.29) is 5.75 Å². The van der Waals surface area contributed by atoms with Crippen LogP contribution < -0.4 is 0 Å². The number of hydrogen-bond donors (Lipinski definition) is 1. The van der Waals surface area contributed by atoms with Crippen molar-refractivity contribution < 1.29 is 5.11 Å². The summed E-state index contributed by atoms with van der Waals surface area (Å²) in [6, 6.07) is 8.17. The normalized spacial score (nSPS) is 11.2. The van der Waals surface area contributed by atoms with Crippen LogP contribution in [0.4, 0.5) is 0 Å². The molecule has 3 aromatic rings. The number of hydrogen-bond acceptors (Lipinski definition) is 3. The van der Waals surface area contributed by atoms with Crippen molar-refractivity contribution in [3.8, 4) is 11.6 Å². The SMILES string of the molecule is Cc1nn(-c2cc(C)c3cccc(C)c3n2)c(C)c1O. The molecule has 1 aromatic carbocycles. The third-order valence-corrected chi connectivity index (χ3v) is 3.70. The molecule has 0 bridgehead atoms. The smallest absolute Gasteiger partial charge is 0.160 e. The van der Waals surface area contributed by atoms with E-state index in [0.29, 0.717) is 11.4 Å². The van der Waals surface area contributed by atoms with Gasteiger partial charge in [0.05, 0.1) is 11.2 Å². The van der Waals surface area contributed by atoms with Gasteiger partial charge in [0, 0.05) is 5.39 Å². The maximum absolute atomic E-state index is 9.91. The molecule has 2 heterocycles. The van der Waals surface area contributed by atoms with Gasteiger partial charge in [0.2, 0.25) is 0 Å². The van der Waals surface area contributed by atoms with Gasteiger partial charge in [0.15, 0.2) is 11.6 Å². The Morgan fingerprint density at radius 1 is 1.05 bits per heavy atom. The minimum absolute atomic E-state index is 0.231. The molecule has 0 fully saturated rings. The molecule has 0 aliphatic rings. The highest BCUT2D eigenvalue weighted by Crippen LogP contribution is 2.26. The van der Waals surface area contributed by atoms with Gasteiger partial charge in [0.1, 0.15) is 5.69 Å². The molecule has 0 unspecified atom stereocenters. The van der Waals surface area contributed by atoms with Crippen LogP contribution in [0.2, 0.25) is 0 Å². The van der Waals surface area contributed by atoms with Gasteiger partial charge in [-0.25, -0.2) is 9.67 Å². The highest BCUT2D eigenvalue weighted by Gasteiger charge is 2.14. The summed E-state index contributed by atoms with van der Waals surface area (Å²) in [5.41, 5.74) is 4.60. The average molecular weight is 267 g/mol. The topological polar surface area (TPSA) is 50.9 Å². The maximum Gasteiger partial charge on any atom is 0.160 e. The van der Waals surface area contributed by atoms with E-state index in [4.69, 9.17) is 4.98 Å². The van der Waals surface area contributed by atoms with E-state index in [0.717, 1.165) is 27.8 Å². The highest BCUT2D eigenvalue weighted by molar-refractivity contribution is 5.85. The molecular weight excluding hydrogens is 250 g/mol. The number of aromatic hydroxyl groups is 1. The van der Waals surface area contributed by atoms with Crippen LogP contribution in [0.25, 0.3) is 16.7 Å². The van der Waals surface area contributed by atoms with Gasteiger partial charge < -0.3 is 5.11 Å². The van der Waals surface area contributed by atoms with Crippen LogP contribution in [-0.4, -0.2) is 19.9 Å². The summed E-state index contributed by atoms with van der Waals surface area (Å²) in [5, 5.41) is 15.4. The van der Waals surface area contributed by atoms with Gasteiger partial charge in [-0.2, -0.15) is 5.10 Å². The standard InChI is InChI=1S/C16H17N3O/c1-9-6-5-7-13-10(2)8-14(17-15(9)13)19-12(4)16(20)11(3)18-19/h5-8,20H,1-4H3. The van der Waals surface area contributed by atoms with Crippen molar-refractivity contribution in [1.29, 1.82) is 0 Å². The van der Waals surface area contributed by atoms with Crippen LogP contribution in [0.1, 0.15) is 22.5 Å². The van der Waals surface area contributed by atoms with Gasteiger partial charge in [-0.1, -0.05) is 18.2 Å². The fraction of sp³-hybridized carbons (Fsp3) is 0.250. The molecule has 1 N–H and O–H groups in total. The minimum Gasteiger partial charge on any atom is -0.504 e. The van der Waals surface area contributed by atoms with E-state index in [1.807, 2.05) is 19.1 Å². The van der Waals surface area contributed by atoms with Crippen LogP contribution in [-0.2, 0) is 0 Å². The third kappa shape index (κ3) is 1.76. The Bertz CT molecular complexity index is 818. The Balaban J connectivity index is 2.32. The quantitative estimate of drug-likeness (QED) is 0.735. The van der Waals surface area contributed by atoms with E-state index < -0.39 is 0 Å². The fourth-order valence-corrected chi connectivity index (χ4v) is 2.51. The number of aromatic nitrogens is 3. The maximum atomic E-state index is 9.91. The monoisotopic (exact) mass is 267 g/mol. The van der Waals surface area contributed by atoms with Crippen LogP contribution in [0.5, 0.6) is 5.75 Å². The Morgan fingerprint density at radius 2 is 1.80 bits per heavy atom. The van der Waals surface area contributed by atoms with Gasteiger partial charge in [-0.15, -0.1) is 0 Å². The van der Waals surface area contributed by atoms with Crippen molar-refractivity contribution in [2.45, 2.75) is 27.7 Å². The van der Waals surface area contributed by atoms with Gasteiger partial charge in [0.25, 0.3) is 0 Å². The molecule has 0 spiro atoms. The molecule has 20 heavy (non-hydrogen) atoms. The summed E-state index contributed by atoms with van der Waals surface area (Å²) in [7, 11) is 0. The van der Waals surface area contributed by atoms with Crippen molar-refractivity contribution in [3.05, 3.63) is 46.8 Å². The summed E-state index contributed by atoms with van der Waals surface area (Å²) in [4.78, 5) is 4.71. The first-order valence-corrected chi connectivity index (χ1v) is 6.61. The van der Waals surface area contributed by atoms with E-state index >= 15 is 0 Å². The number of para-hydroxylation sites is 1. The van der Waals surface area contributed by atoms with Gasteiger partial charge >= 0.3 is 0 Å². The van der Waals surface area contributed by atoms with Gasteiger partial charge in [-0.3, -0.25) is 0 Å². The van der Waals surface area contributed by atoms with Crippen molar-refractivity contribution in [2.75, 3.05) is 0 Å². The number of nitrogens with zero attached hydrogens (tertiary/aromatic N) is 3. The molecule has 0 radical (unpaired) electrons. The molecule has 0 aliphatic carbocycles. The lowest BCUT2D eigenvalue weighted by Crippen LogP contribution is -2.03. The summed E-state index contributed by atoms with van der Waals surface area (Å²) in [6.07, 6.45) is 0. The largest absolute Gasteiger partial charge is 0.504 e. The number of rotatable bonds is 1. The molecule has 0 saturated carbocycles. The lowest BCUT2D eigenvalue weighted by atomic mass is 10.1. The first-order valence-electron chi connectivity index (χ1n) is 6.61. The summed E-state index contributed by atoms with van der Waals surface area (Å²) in [6.45, 7) is 7.75. The molecule has 0 atom stereocenters. The van der Waals surface area contributed by atoms with Crippen LogP contribution in [0.15, 0.2) is 24.3 Å². The van der Waals surface area contributed by atoms with E-state index in [9.17, 15) is 5.11 Å². The average Bonchev–Trinajstić information content (AvgIpc) is 2.68. The van der Waals surface area contributed by atoms with Crippen molar-refractivity contribution in [2.24, 2.45) is 0 Å². The zero-order valence-electron chi connectivity index (χ0n) is 12.1. The molecule has 102 valence electrons. The Hall–Kier alpha value is -2.36. The third-order valence-electron chi connectivity index (χ3n) is 3.70. The highest BCUT2D eigenvalue weighted by atomic mass is 16.3. The fourth-order valence-electron chi connectivity index (χ4n) is 2.51. The Morgan fingerprint density at radius 3 is 2.45 bits per heavy atom. The molecule has 4 nitrogen and oxygen atoms in total. The molecule has 0 amide bonds. The first kappa shape index (κ1) is 12.7. The molecule has 0 aliphatic heterocycles. The summed E-state index contributed by atoms with van der Waals surface area (Å²) < 4.78 is 1.70. The van der Waals surface area contributed by atoms with Crippen LogP contribution in [0.3, 0.4) is 0 Å². The molecule has 0 saturated heterocycles. The lowest BCUT2D eigenvalue weighted by molar-refractivity contribution is 0.466. The number of fused-ring (bicyclic) bond motifs is 1. The summed E-state index contributed by atoms with van der Waals surface area (Å²) in [5.74, 6) is 0.972. The van der Waals surface area contributed by atoms with Crippen LogP contribution in [0, 0.1) is 27.7 Å². The Labute approximate surface area is 117 Å². The van der Waals surface area contributed by atoms with Crippen molar-refractivity contribution in [3.63, 3.8) is 0 Å². The molecular formula is C16H17N3O. The zero-order chi connectivity index (χ0) is 14.4. The van der Waals surface area contributed by atoms with E-state index in [1.165, 1.54) is 0 Å². The second-order valence-electron chi connectivity index (χ2n) is 5.20. The number of benzene rings is 1. The summed E-state index contributed by atoms with van der Waals surface area (Å²) >= 11 is 0. The number of aryl methyl sites for hydroxylation is 3. The second-order valence-corrected chi connectivity index (χ2v) is 5.20. The van der Waals surface area contributed by atoms with Gasteiger partial charge in [-0.05, 0) is 44.9 Å². The molecule has 2 aromatic heterocycles. The Kier molecular flexibility index (Phi) is 2.74. The molecule has 3 rings (SSSR count). The van der Waals surface area contributed by atoms with Crippen molar-refractivity contribution >= 4 is 10.9 Å². The van der Waals surface area contributed by atoms with Crippen molar-refractivity contribution in [1.82, 2.24) is 14.8 Å². The first-order chi connectivity index (χ1) is 9.49. The zero-order valence-corrected chi connectivity index (χ0v) is 12.1. The minimum atomic E-state index is 0.231. The number of pyridine rings is 1. The lowest BCUT2D eigenvalue weighted by Gasteiger charge is -2.09. The van der Waals surface area contributed by atoms with E-state index in [1.54, 1.807) is 11.6 Å². The van der Waals surface area contributed by atoms with E-state index in [2.05, 4.69) is 31.1 Å². The van der Waals surface area contributed by atoms with Crippen LogP contribution >= 0.6 is 0 Å². The molecule has 4 heteroatoms.